The molecule has 0 bridgehead atoms. The van der Waals surface area contributed by atoms with Gasteiger partial charge in [-0.05, 0) is 37.8 Å². The molecular weight excluding hydrogens is 344 g/mol. The molecule has 0 radical (unpaired) electrons. The van der Waals surface area contributed by atoms with Crippen molar-refractivity contribution in [2.45, 2.75) is 44.9 Å². The second-order valence-electron chi connectivity index (χ2n) is 6.70. The Kier molecular flexibility index (Phi) is 5.22. The van der Waals surface area contributed by atoms with Crippen molar-refractivity contribution < 1.29 is 9.32 Å². The molecule has 0 fully saturated rings. The first kappa shape index (κ1) is 17.4. The summed E-state index contributed by atoms with van der Waals surface area (Å²) in [4.78, 5) is 20.8. The number of aryl methyl sites for hydroxylation is 1. The molecule has 2 N–H and O–H groups in total. The van der Waals surface area contributed by atoms with E-state index in [9.17, 15) is 4.79 Å². The lowest BCUT2D eigenvalue weighted by atomic mass is 9.97. The van der Waals surface area contributed by atoms with E-state index in [2.05, 4.69) is 30.6 Å². The zero-order valence-corrected chi connectivity index (χ0v) is 15.1. The van der Waals surface area contributed by atoms with Crippen LogP contribution in [0.2, 0.25) is 0 Å². The molecule has 0 saturated carbocycles. The molecule has 3 heterocycles. The van der Waals surface area contributed by atoms with Crippen LogP contribution in [0.25, 0.3) is 11.5 Å². The molecule has 3 aromatic heterocycles. The van der Waals surface area contributed by atoms with E-state index in [1.165, 1.54) is 12.8 Å². The number of fused-ring (bicyclic) bond motifs is 1. The smallest absolute Gasteiger partial charge is 0.272 e. The predicted octanol–water partition coefficient (Wildman–Crippen LogP) is 2.49. The fraction of sp³-hybridized carbons (Fsp3) is 0.421. The number of H-pyrrole nitrogens is 1. The Balaban J connectivity index is 1.34. The molecule has 0 unspecified atom stereocenters. The molecule has 27 heavy (non-hydrogen) atoms. The van der Waals surface area contributed by atoms with Gasteiger partial charge in [0.2, 0.25) is 0 Å². The van der Waals surface area contributed by atoms with Gasteiger partial charge >= 0.3 is 0 Å². The standard InChI is InChI=1S/C19H22N6O2/c26-18(17-14-5-3-1-2-4-6-15(14)23-24-17)21-12-9-16-22-19(27-25-16)13-7-10-20-11-8-13/h7-8,10-11H,1-6,9,12H2,(H,21,26)(H,23,24). The molecule has 0 atom stereocenters. The van der Waals surface area contributed by atoms with E-state index in [-0.39, 0.29) is 5.91 Å². The highest BCUT2D eigenvalue weighted by Crippen LogP contribution is 2.21. The average Bonchev–Trinajstić information content (AvgIpc) is 3.29. The van der Waals surface area contributed by atoms with Crippen LogP contribution in [0.4, 0.5) is 0 Å². The highest BCUT2D eigenvalue weighted by atomic mass is 16.5. The molecule has 8 heteroatoms. The summed E-state index contributed by atoms with van der Waals surface area (Å²) in [5.74, 6) is 0.859. The van der Waals surface area contributed by atoms with Gasteiger partial charge in [-0.2, -0.15) is 10.1 Å². The van der Waals surface area contributed by atoms with Crippen molar-refractivity contribution in [2.75, 3.05) is 6.54 Å². The van der Waals surface area contributed by atoms with Crippen molar-refractivity contribution >= 4 is 5.91 Å². The molecule has 3 aromatic rings. The van der Waals surface area contributed by atoms with E-state index in [1.54, 1.807) is 12.4 Å². The van der Waals surface area contributed by atoms with Gasteiger partial charge in [-0.15, -0.1) is 0 Å². The number of carbonyl (C=O) groups is 1. The van der Waals surface area contributed by atoms with Gasteiger partial charge in [0.1, 0.15) is 0 Å². The summed E-state index contributed by atoms with van der Waals surface area (Å²) in [5, 5.41) is 14.2. The number of hydrogen-bond donors (Lipinski definition) is 2. The van der Waals surface area contributed by atoms with Crippen LogP contribution >= 0.6 is 0 Å². The fourth-order valence-electron chi connectivity index (χ4n) is 3.36. The second kappa shape index (κ2) is 8.11. The van der Waals surface area contributed by atoms with Crippen molar-refractivity contribution in [3.05, 3.63) is 47.3 Å². The van der Waals surface area contributed by atoms with E-state index in [0.29, 0.717) is 30.4 Å². The Labute approximate surface area is 156 Å². The van der Waals surface area contributed by atoms with Gasteiger partial charge in [0.15, 0.2) is 11.5 Å². The fourth-order valence-corrected chi connectivity index (χ4v) is 3.36. The van der Waals surface area contributed by atoms with Crippen molar-refractivity contribution in [1.82, 2.24) is 30.6 Å². The minimum Gasteiger partial charge on any atom is -0.350 e. The van der Waals surface area contributed by atoms with Crippen LogP contribution in [0.5, 0.6) is 0 Å². The molecule has 0 aromatic carbocycles. The average molecular weight is 366 g/mol. The van der Waals surface area contributed by atoms with Gasteiger partial charge < -0.3 is 9.84 Å². The van der Waals surface area contributed by atoms with Crippen LogP contribution in [0.1, 0.15) is 53.3 Å². The zero-order valence-electron chi connectivity index (χ0n) is 15.1. The van der Waals surface area contributed by atoms with Crippen LogP contribution in [0.3, 0.4) is 0 Å². The first-order chi connectivity index (χ1) is 13.3. The Bertz CT molecular complexity index is 902. The Morgan fingerprint density at radius 3 is 2.81 bits per heavy atom. The lowest BCUT2D eigenvalue weighted by molar-refractivity contribution is 0.0948. The molecule has 8 nitrogen and oxygen atoms in total. The monoisotopic (exact) mass is 366 g/mol. The first-order valence-corrected chi connectivity index (χ1v) is 9.38. The molecule has 0 spiro atoms. The largest absolute Gasteiger partial charge is 0.350 e. The van der Waals surface area contributed by atoms with Crippen LogP contribution in [0.15, 0.2) is 29.0 Å². The van der Waals surface area contributed by atoms with Gasteiger partial charge in [0.05, 0.1) is 0 Å². The normalized spacial score (nSPS) is 14.2. The molecule has 0 saturated heterocycles. The van der Waals surface area contributed by atoms with E-state index >= 15 is 0 Å². The zero-order chi connectivity index (χ0) is 18.5. The summed E-state index contributed by atoms with van der Waals surface area (Å²) in [6, 6.07) is 3.62. The van der Waals surface area contributed by atoms with Crippen molar-refractivity contribution in [2.24, 2.45) is 0 Å². The van der Waals surface area contributed by atoms with Gasteiger partial charge in [-0.3, -0.25) is 14.9 Å². The maximum Gasteiger partial charge on any atom is 0.272 e. The molecular formula is C19H22N6O2. The van der Waals surface area contributed by atoms with E-state index in [1.807, 2.05) is 12.1 Å². The van der Waals surface area contributed by atoms with Gasteiger partial charge in [-0.25, -0.2) is 0 Å². The summed E-state index contributed by atoms with van der Waals surface area (Å²) in [6.07, 6.45) is 10.4. The molecule has 0 aliphatic heterocycles. The number of hydrogen-bond acceptors (Lipinski definition) is 6. The van der Waals surface area contributed by atoms with Gasteiger partial charge in [0, 0.05) is 42.2 Å². The highest BCUT2D eigenvalue weighted by molar-refractivity contribution is 5.94. The highest BCUT2D eigenvalue weighted by Gasteiger charge is 2.20. The lowest BCUT2D eigenvalue weighted by Crippen LogP contribution is -2.27. The lowest BCUT2D eigenvalue weighted by Gasteiger charge is -2.10. The van der Waals surface area contributed by atoms with Crippen molar-refractivity contribution in [3.8, 4) is 11.5 Å². The summed E-state index contributed by atoms with van der Waals surface area (Å²) in [6.45, 7) is 0.426. The number of rotatable bonds is 5. The number of amides is 1. The molecule has 1 aliphatic rings. The van der Waals surface area contributed by atoms with Crippen molar-refractivity contribution in [1.29, 1.82) is 0 Å². The first-order valence-electron chi connectivity index (χ1n) is 9.38. The maximum absolute atomic E-state index is 12.5. The number of nitrogens with zero attached hydrogens (tertiary/aromatic N) is 4. The Hall–Kier alpha value is -3.03. The minimum absolute atomic E-state index is 0.147. The van der Waals surface area contributed by atoms with Crippen LogP contribution in [-0.4, -0.2) is 37.8 Å². The summed E-state index contributed by atoms with van der Waals surface area (Å²) in [5.41, 5.74) is 3.53. The number of nitrogens with one attached hydrogen (secondary N) is 2. The Morgan fingerprint density at radius 2 is 1.96 bits per heavy atom. The topological polar surface area (TPSA) is 110 Å². The van der Waals surface area contributed by atoms with Crippen LogP contribution in [0, 0.1) is 0 Å². The number of aromatic nitrogens is 5. The van der Waals surface area contributed by atoms with Gasteiger partial charge in [0.25, 0.3) is 11.8 Å². The van der Waals surface area contributed by atoms with Crippen LogP contribution in [-0.2, 0) is 19.3 Å². The van der Waals surface area contributed by atoms with E-state index in [4.69, 9.17) is 4.52 Å². The number of carbonyl (C=O) groups excluding carboxylic acids is 1. The van der Waals surface area contributed by atoms with Gasteiger partial charge in [-0.1, -0.05) is 18.0 Å². The number of pyridine rings is 1. The molecule has 1 aliphatic carbocycles. The third kappa shape index (κ3) is 4.05. The molecule has 1 amide bonds. The van der Waals surface area contributed by atoms with E-state index in [0.717, 1.165) is 42.5 Å². The van der Waals surface area contributed by atoms with Crippen LogP contribution < -0.4 is 5.32 Å². The number of aromatic amines is 1. The summed E-state index contributed by atoms with van der Waals surface area (Å²) >= 11 is 0. The summed E-state index contributed by atoms with van der Waals surface area (Å²) < 4.78 is 5.26. The third-order valence-corrected chi connectivity index (χ3v) is 4.80. The molecule has 140 valence electrons. The third-order valence-electron chi connectivity index (χ3n) is 4.80. The minimum atomic E-state index is -0.147. The quantitative estimate of drug-likeness (QED) is 0.718. The second-order valence-corrected chi connectivity index (χ2v) is 6.70. The van der Waals surface area contributed by atoms with E-state index < -0.39 is 0 Å². The molecule has 4 rings (SSSR count). The van der Waals surface area contributed by atoms with Crippen molar-refractivity contribution in [3.63, 3.8) is 0 Å². The summed E-state index contributed by atoms with van der Waals surface area (Å²) in [7, 11) is 0. The Morgan fingerprint density at radius 1 is 1.15 bits per heavy atom. The SMILES string of the molecule is O=C(NCCc1noc(-c2ccncc2)n1)c1n[nH]c2c1CCCCCC2. The maximum atomic E-state index is 12.5. The predicted molar refractivity (Wildman–Crippen MR) is 98.0 cm³/mol.